The van der Waals surface area contributed by atoms with Crippen molar-refractivity contribution in [1.29, 1.82) is 0 Å². The van der Waals surface area contributed by atoms with Crippen molar-refractivity contribution in [3.63, 3.8) is 0 Å². The summed E-state index contributed by atoms with van der Waals surface area (Å²) in [4.78, 5) is 20.6. The van der Waals surface area contributed by atoms with Gasteiger partial charge in [0.15, 0.2) is 11.5 Å². The third-order valence-corrected chi connectivity index (χ3v) is 4.43. The van der Waals surface area contributed by atoms with Gasteiger partial charge in [0.05, 0.1) is 0 Å². The minimum absolute atomic E-state index is 0.220. The predicted octanol–water partition coefficient (Wildman–Crippen LogP) is 3.40. The highest BCUT2D eigenvalue weighted by Gasteiger charge is 2.14. The Morgan fingerprint density at radius 2 is 1.75 bits per heavy atom. The molecule has 2 heterocycles. The lowest BCUT2D eigenvalue weighted by Gasteiger charge is -2.08. The molecule has 0 fully saturated rings. The van der Waals surface area contributed by atoms with Crippen LogP contribution in [-0.4, -0.2) is 22.7 Å². The maximum absolute atomic E-state index is 12.4. The number of aromatic nitrogens is 2. The summed E-state index contributed by atoms with van der Waals surface area (Å²) in [5.41, 5.74) is 2.25. The Balaban J connectivity index is 1.35. The number of rotatable bonds is 6. The van der Waals surface area contributed by atoms with Gasteiger partial charge in [-0.15, -0.1) is 0 Å². The zero-order valence-electron chi connectivity index (χ0n) is 14.8. The summed E-state index contributed by atoms with van der Waals surface area (Å²) in [5.74, 6) is 1.68. The van der Waals surface area contributed by atoms with Crippen molar-refractivity contribution in [1.82, 2.24) is 15.3 Å². The summed E-state index contributed by atoms with van der Waals surface area (Å²) in [6, 6.07) is 14.7. The fraction of sp³-hybridized carbons (Fsp3) is 0.150. The molecule has 2 N–H and O–H groups in total. The molecule has 0 unspecified atom stereocenters. The van der Waals surface area contributed by atoms with Crippen LogP contribution in [0.3, 0.4) is 0 Å². The number of carbonyl (C=O) groups excluding carboxylic acids is 1. The molecule has 3 aromatic rings. The number of nitrogens with zero attached hydrogens (tertiary/aromatic N) is 2. The Labute approximate surface area is 166 Å². The molecule has 1 aliphatic rings. The molecule has 0 atom stereocenters. The summed E-state index contributed by atoms with van der Waals surface area (Å²) in [6.45, 7) is 1.14. The number of nitrogens with one attached hydrogen (secondary N) is 2. The van der Waals surface area contributed by atoms with Crippen LogP contribution >= 0.6 is 11.6 Å². The molecular weight excluding hydrogens is 380 g/mol. The lowest BCUT2D eigenvalue weighted by Crippen LogP contribution is -2.24. The van der Waals surface area contributed by atoms with Crippen molar-refractivity contribution in [2.24, 2.45) is 0 Å². The lowest BCUT2D eigenvalue weighted by atomic mass is 10.2. The first-order chi connectivity index (χ1) is 13.7. The molecule has 0 saturated carbocycles. The van der Waals surface area contributed by atoms with Crippen LogP contribution < -0.4 is 20.1 Å². The Kier molecular flexibility index (Phi) is 5.25. The highest BCUT2D eigenvalue weighted by molar-refractivity contribution is 6.30. The largest absolute Gasteiger partial charge is 0.454 e. The normalized spacial score (nSPS) is 11.9. The standard InChI is InChI=1S/C20H17ClN4O3/c21-15-4-1-13(2-5-15)9-22-19-8-16(24-11-25-19)20(26)23-10-14-3-6-17-18(7-14)28-12-27-17/h1-8,11H,9-10,12H2,(H,23,26)(H,22,24,25). The second-order valence-electron chi connectivity index (χ2n) is 6.14. The highest BCUT2D eigenvalue weighted by Crippen LogP contribution is 2.32. The van der Waals surface area contributed by atoms with Crippen molar-refractivity contribution < 1.29 is 14.3 Å². The molecule has 1 amide bonds. The summed E-state index contributed by atoms with van der Waals surface area (Å²) in [7, 11) is 0. The van der Waals surface area contributed by atoms with Crippen LogP contribution in [0, 0.1) is 0 Å². The summed E-state index contributed by atoms with van der Waals surface area (Å²) < 4.78 is 10.6. The Morgan fingerprint density at radius 1 is 0.964 bits per heavy atom. The SMILES string of the molecule is O=C(NCc1ccc2c(c1)OCO2)c1cc(NCc2ccc(Cl)cc2)ncn1. The molecule has 0 aliphatic carbocycles. The number of hydrogen-bond acceptors (Lipinski definition) is 6. The van der Waals surface area contributed by atoms with Gasteiger partial charge in [-0.25, -0.2) is 9.97 Å². The van der Waals surface area contributed by atoms with Crippen LogP contribution in [0.2, 0.25) is 5.02 Å². The van der Waals surface area contributed by atoms with Gasteiger partial charge in [-0.3, -0.25) is 4.79 Å². The summed E-state index contributed by atoms with van der Waals surface area (Å²) >= 11 is 5.89. The first kappa shape index (κ1) is 18.1. The van der Waals surface area contributed by atoms with E-state index in [1.54, 1.807) is 6.07 Å². The van der Waals surface area contributed by atoms with Crippen LogP contribution in [0.1, 0.15) is 21.6 Å². The van der Waals surface area contributed by atoms with Crippen LogP contribution in [0.15, 0.2) is 54.9 Å². The molecule has 28 heavy (non-hydrogen) atoms. The van der Waals surface area contributed by atoms with E-state index in [1.165, 1.54) is 6.33 Å². The van der Waals surface area contributed by atoms with E-state index in [2.05, 4.69) is 20.6 Å². The monoisotopic (exact) mass is 396 g/mol. The Morgan fingerprint density at radius 3 is 2.61 bits per heavy atom. The van der Waals surface area contributed by atoms with Crippen LogP contribution in [0.25, 0.3) is 0 Å². The summed E-state index contributed by atoms with van der Waals surface area (Å²) in [6.07, 6.45) is 1.36. The topological polar surface area (TPSA) is 85.4 Å². The summed E-state index contributed by atoms with van der Waals surface area (Å²) in [5, 5.41) is 6.71. The van der Waals surface area contributed by atoms with E-state index >= 15 is 0 Å². The second-order valence-corrected chi connectivity index (χ2v) is 6.58. The number of halogens is 1. The van der Waals surface area contributed by atoms with E-state index in [4.69, 9.17) is 21.1 Å². The van der Waals surface area contributed by atoms with Crippen molar-refractivity contribution in [3.05, 3.63) is 76.7 Å². The van der Waals surface area contributed by atoms with Crippen molar-refractivity contribution >= 4 is 23.3 Å². The van der Waals surface area contributed by atoms with Gasteiger partial charge >= 0.3 is 0 Å². The van der Waals surface area contributed by atoms with Gasteiger partial charge in [-0.05, 0) is 35.4 Å². The zero-order chi connectivity index (χ0) is 19.3. The average Bonchev–Trinajstić information content (AvgIpc) is 3.20. The molecule has 7 nitrogen and oxygen atoms in total. The maximum atomic E-state index is 12.4. The van der Waals surface area contributed by atoms with Crippen molar-refractivity contribution in [3.8, 4) is 11.5 Å². The first-order valence-corrected chi connectivity index (χ1v) is 9.02. The number of anilines is 1. The molecule has 142 valence electrons. The van der Waals surface area contributed by atoms with E-state index in [0.717, 1.165) is 11.1 Å². The molecule has 0 radical (unpaired) electrons. The molecular formula is C20H17ClN4O3. The van der Waals surface area contributed by atoms with Gasteiger partial charge in [0.2, 0.25) is 6.79 Å². The van der Waals surface area contributed by atoms with E-state index < -0.39 is 0 Å². The average molecular weight is 397 g/mol. The fourth-order valence-electron chi connectivity index (χ4n) is 2.70. The van der Waals surface area contributed by atoms with Gasteiger partial charge in [0.25, 0.3) is 5.91 Å². The van der Waals surface area contributed by atoms with E-state index in [1.807, 2.05) is 42.5 Å². The Bertz CT molecular complexity index is 995. The number of carbonyl (C=O) groups is 1. The van der Waals surface area contributed by atoms with Gasteiger partial charge in [-0.1, -0.05) is 29.8 Å². The Hall–Kier alpha value is -3.32. The van der Waals surface area contributed by atoms with Crippen molar-refractivity contribution in [2.75, 3.05) is 12.1 Å². The van der Waals surface area contributed by atoms with Crippen LogP contribution in [-0.2, 0) is 13.1 Å². The molecule has 2 aromatic carbocycles. The van der Waals surface area contributed by atoms with Gasteiger partial charge in [0, 0.05) is 24.2 Å². The fourth-order valence-corrected chi connectivity index (χ4v) is 2.82. The highest BCUT2D eigenvalue weighted by atomic mass is 35.5. The smallest absolute Gasteiger partial charge is 0.270 e. The second kappa shape index (κ2) is 8.14. The van der Waals surface area contributed by atoms with Gasteiger partial charge in [0.1, 0.15) is 17.8 Å². The minimum atomic E-state index is -0.283. The quantitative estimate of drug-likeness (QED) is 0.664. The molecule has 0 bridgehead atoms. The molecule has 8 heteroatoms. The zero-order valence-corrected chi connectivity index (χ0v) is 15.6. The molecule has 1 aromatic heterocycles. The van der Waals surface area contributed by atoms with E-state index in [-0.39, 0.29) is 18.4 Å². The third-order valence-electron chi connectivity index (χ3n) is 4.18. The molecule has 0 spiro atoms. The number of benzene rings is 2. The van der Waals surface area contributed by atoms with Gasteiger partial charge in [-0.2, -0.15) is 0 Å². The molecule has 0 saturated heterocycles. The number of amides is 1. The van der Waals surface area contributed by atoms with Crippen LogP contribution in [0.4, 0.5) is 5.82 Å². The minimum Gasteiger partial charge on any atom is -0.454 e. The van der Waals surface area contributed by atoms with Crippen LogP contribution in [0.5, 0.6) is 11.5 Å². The van der Waals surface area contributed by atoms with Gasteiger partial charge < -0.3 is 20.1 Å². The van der Waals surface area contributed by atoms with Crippen molar-refractivity contribution in [2.45, 2.75) is 13.1 Å². The number of ether oxygens (including phenoxy) is 2. The van der Waals surface area contributed by atoms with E-state index in [0.29, 0.717) is 35.4 Å². The molecule has 1 aliphatic heterocycles. The maximum Gasteiger partial charge on any atom is 0.270 e. The lowest BCUT2D eigenvalue weighted by molar-refractivity contribution is 0.0945. The third kappa shape index (κ3) is 4.32. The first-order valence-electron chi connectivity index (χ1n) is 8.64. The van der Waals surface area contributed by atoms with E-state index in [9.17, 15) is 4.79 Å². The number of hydrogen-bond donors (Lipinski definition) is 2. The predicted molar refractivity (Wildman–Crippen MR) is 105 cm³/mol. The number of fused-ring (bicyclic) bond motifs is 1. The molecule has 4 rings (SSSR count).